The first-order chi connectivity index (χ1) is 9.58. The van der Waals surface area contributed by atoms with Crippen molar-refractivity contribution in [1.82, 2.24) is 15.1 Å². The van der Waals surface area contributed by atoms with E-state index in [4.69, 9.17) is 4.18 Å². The van der Waals surface area contributed by atoms with Gasteiger partial charge in [-0.25, -0.2) is 0 Å². The first-order valence-electron chi connectivity index (χ1n) is 6.87. The molecule has 0 fully saturated rings. The van der Waals surface area contributed by atoms with E-state index >= 15 is 0 Å². The number of nitrogens with one attached hydrogen (secondary N) is 1. The van der Waals surface area contributed by atoms with E-state index < -0.39 is 21.6 Å². The van der Waals surface area contributed by atoms with Crippen LogP contribution in [0, 0.1) is 0 Å². The molecule has 0 bridgehead atoms. The molecule has 0 saturated heterocycles. The fraction of sp³-hybridized carbons (Fsp3) is 0.692. The Morgan fingerprint density at radius 2 is 2.05 bits per heavy atom. The quantitative estimate of drug-likeness (QED) is 0.771. The summed E-state index contributed by atoms with van der Waals surface area (Å²) in [5, 5.41) is 6.85. The molecular weight excluding hydrogens is 294 g/mol. The second kappa shape index (κ2) is 6.46. The molecule has 8 heteroatoms. The van der Waals surface area contributed by atoms with Crippen molar-refractivity contribution in [2.45, 2.75) is 52.6 Å². The predicted octanol–water partition coefficient (Wildman–Crippen LogP) is 1.55. The van der Waals surface area contributed by atoms with Crippen LogP contribution in [0.5, 0.6) is 5.88 Å². The number of carbonyl (C=O) groups is 1. The second-order valence-corrected chi connectivity index (χ2v) is 7.16. The maximum absolute atomic E-state index is 12.3. The number of carbonyl (C=O) groups excluding carboxylic acids is 1. The molecule has 0 radical (unpaired) electrons. The summed E-state index contributed by atoms with van der Waals surface area (Å²) in [6.07, 6.45) is 3.97. The van der Waals surface area contributed by atoms with Crippen molar-refractivity contribution in [2.24, 2.45) is 0 Å². The fourth-order valence-electron chi connectivity index (χ4n) is 1.57. The van der Waals surface area contributed by atoms with E-state index in [1.807, 2.05) is 27.7 Å². The number of hydrogen-bond donors (Lipinski definition) is 1. The van der Waals surface area contributed by atoms with Crippen molar-refractivity contribution >= 4 is 16.0 Å². The molecule has 1 rings (SSSR count). The Labute approximate surface area is 125 Å². The van der Waals surface area contributed by atoms with Gasteiger partial charge in [0.2, 0.25) is 0 Å². The topological polar surface area (TPSA) is 90.3 Å². The van der Waals surface area contributed by atoms with Gasteiger partial charge in [0.1, 0.15) is 5.56 Å². The third-order valence-corrected chi connectivity index (χ3v) is 3.45. The summed E-state index contributed by atoms with van der Waals surface area (Å²) >= 11 is 0. The Hall–Kier alpha value is -1.57. The summed E-state index contributed by atoms with van der Waals surface area (Å²) in [5.41, 5.74) is -0.276. The zero-order chi connectivity index (χ0) is 16.3. The van der Waals surface area contributed by atoms with Crippen LogP contribution >= 0.6 is 0 Å². The van der Waals surface area contributed by atoms with Gasteiger partial charge in [-0.1, -0.05) is 13.8 Å². The zero-order valence-electron chi connectivity index (χ0n) is 13.1. The van der Waals surface area contributed by atoms with E-state index in [1.165, 1.54) is 10.9 Å². The Morgan fingerprint density at radius 1 is 1.43 bits per heavy atom. The highest BCUT2D eigenvalue weighted by atomic mass is 32.2. The van der Waals surface area contributed by atoms with Gasteiger partial charge >= 0.3 is 10.1 Å². The van der Waals surface area contributed by atoms with Crippen molar-refractivity contribution in [2.75, 3.05) is 6.26 Å². The van der Waals surface area contributed by atoms with Crippen molar-refractivity contribution in [3.05, 3.63) is 11.8 Å². The number of rotatable bonds is 7. The minimum absolute atomic E-state index is 0.121. The maximum Gasteiger partial charge on any atom is 0.307 e. The van der Waals surface area contributed by atoms with E-state index in [-0.39, 0.29) is 11.4 Å². The number of aromatic nitrogens is 2. The third kappa shape index (κ3) is 5.37. The van der Waals surface area contributed by atoms with Gasteiger partial charge in [-0.15, -0.1) is 5.10 Å². The number of nitrogens with zero attached hydrogens (tertiary/aromatic N) is 2. The van der Waals surface area contributed by atoms with Gasteiger partial charge in [0, 0.05) is 18.3 Å². The lowest BCUT2D eigenvalue weighted by Gasteiger charge is -2.24. The molecule has 1 amide bonds. The van der Waals surface area contributed by atoms with E-state index in [0.717, 1.165) is 19.1 Å². The zero-order valence-corrected chi connectivity index (χ0v) is 14.0. The van der Waals surface area contributed by atoms with Crippen molar-refractivity contribution in [3.63, 3.8) is 0 Å². The summed E-state index contributed by atoms with van der Waals surface area (Å²) in [6.45, 7) is 8.26. The molecule has 7 nitrogen and oxygen atoms in total. The monoisotopic (exact) mass is 317 g/mol. The lowest BCUT2D eigenvalue weighted by atomic mass is 10.0. The van der Waals surface area contributed by atoms with Gasteiger partial charge in [0.15, 0.2) is 0 Å². The van der Waals surface area contributed by atoms with Crippen LogP contribution in [-0.4, -0.2) is 35.9 Å². The first-order valence-corrected chi connectivity index (χ1v) is 8.69. The van der Waals surface area contributed by atoms with Crippen molar-refractivity contribution < 1.29 is 17.4 Å². The molecule has 1 aromatic rings. The fourth-order valence-corrected chi connectivity index (χ4v) is 1.98. The van der Waals surface area contributed by atoms with Gasteiger partial charge in [-0.3, -0.25) is 9.48 Å². The van der Waals surface area contributed by atoms with Crippen molar-refractivity contribution in [1.29, 1.82) is 0 Å². The van der Waals surface area contributed by atoms with E-state index in [0.29, 0.717) is 6.54 Å². The molecule has 0 aromatic carbocycles. The Bertz CT molecular complexity index is 605. The molecule has 1 N–H and O–H groups in total. The standard InChI is InChI=1S/C13H23N3O4S/c1-6-8-16-9-10(11(17)14-13(3,4)7-2)12(15-16)20-21(5,18)19/h9H,6-8H2,1-5H3,(H,14,17). The lowest BCUT2D eigenvalue weighted by molar-refractivity contribution is 0.0909. The summed E-state index contributed by atoms with van der Waals surface area (Å²) < 4.78 is 28.9. The summed E-state index contributed by atoms with van der Waals surface area (Å²) in [4.78, 5) is 12.3. The Kier molecular flexibility index (Phi) is 5.38. The number of amides is 1. The van der Waals surface area contributed by atoms with E-state index in [9.17, 15) is 13.2 Å². The van der Waals surface area contributed by atoms with Gasteiger partial charge in [0.05, 0.1) is 6.26 Å². The molecule has 1 heterocycles. The average Bonchev–Trinajstić information content (AvgIpc) is 2.69. The van der Waals surface area contributed by atoms with Crippen LogP contribution in [0.1, 0.15) is 50.9 Å². The predicted molar refractivity (Wildman–Crippen MR) is 79.8 cm³/mol. The first kappa shape index (κ1) is 17.5. The molecule has 0 aliphatic heterocycles. The highest BCUT2D eigenvalue weighted by molar-refractivity contribution is 7.86. The summed E-state index contributed by atoms with van der Waals surface area (Å²) in [5.74, 6) is -0.585. The maximum atomic E-state index is 12.3. The molecule has 0 atom stereocenters. The molecule has 120 valence electrons. The van der Waals surface area contributed by atoms with Gasteiger partial charge in [-0.05, 0) is 26.7 Å². The molecule has 0 spiro atoms. The minimum Gasteiger partial charge on any atom is -0.359 e. The molecule has 1 aromatic heterocycles. The minimum atomic E-state index is -3.74. The van der Waals surface area contributed by atoms with Crippen LogP contribution in [0.3, 0.4) is 0 Å². The smallest absolute Gasteiger partial charge is 0.307 e. The van der Waals surface area contributed by atoms with E-state index in [1.54, 1.807) is 0 Å². The van der Waals surface area contributed by atoms with Crippen LogP contribution in [0.4, 0.5) is 0 Å². The largest absolute Gasteiger partial charge is 0.359 e. The molecule has 0 unspecified atom stereocenters. The number of aryl methyl sites for hydroxylation is 1. The normalized spacial score (nSPS) is 12.2. The highest BCUT2D eigenvalue weighted by Gasteiger charge is 2.25. The molecule has 0 saturated carbocycles. The molecule has 21 heavy (non-hydrogen) atoms. The van der Waals surface area contributed by atoms with Gasteiger partial charge < -0.3 is 9.50 Å². The third-order valence-electron chi connectivity index (χ3n) is 2.99. The number of hydrogen-bond acceptors (Lipinski definition) is 5. The van der Waals surface area contributed by atoms with Crippen LogP contribution in [0.15, 0.2) is 6.20 Å². The van der Waals surface area contributed by atoms with Crippen LogP contribution in [0.25, 0.3) is 0 Å². The lowest BCUT2D eigenvalue weighted by Crippen LogP contribution is -2.42. The Balaban J connectivity index is 3.11. The van der Waals surface area contributed by atoms with Crippen LogP contribution < -0.4 is 9.50 Å². The highest BCUT2D eigenvalue weighted by Crippen LogP contribution is 2.19. The second-order valence-electron chi connectivity index (χ2n) is 5.59. The van der Waals surface area contributed by atoms with Crippen LogP contribution in [-0.2, 0) is 16.7 Å². The molecule has 0 aliphatic carbocycles. The van der Waals surface area contributed by atoms with E-state index in [2.05, 4.69) is 10.4 Å². The SMILES string of the molecule is CCCn1cc(C(=O)NC(C)(C)CC)c(OS(C)(=O)=O)n1. The van der Waals surface area contributed by atoms with Gasteiger partial charge in [-0.2, -0.15) is 8.42 Å². The summed E-state index contributed by atoms with van der Waals surface area (Å²) in [6, 6.07) is 0. The van der Waals surface area contributed by atoms with Gasteiger partial charge in [0.25, 0.3) is 11.8 Å². The molecule has 0 aliphatic rings. The van der Waals surface area contributed by atoms with Crippen molar-refractivity contribution in [3.8, 4) is 5.88 Å². The van der Waals surface area contributed by atoms with Crippen LogP contribution in [0.2, 0.25) is 0 Å². The average molecular weight is 317 g/mol. The summed E-state index contributed by atoms with van der Waals surface area (Å²) in [7, 11) is -3.74. The Morgan fingerprint density at radius 3 is 2.52 bits per heavy atom. The molecular formula is C13H23N3O4S.